The van der Waals surface area contributed by atoms with Crippen LogP contribution in [-0.4, -0.2) is 32.8 Å². The number of thiophene rings is 1. The minimum absolute atomic E-state index is 0.0316. The number of rotatable bonds is 7. The van der Waals surface area contributed by atoms with Crippen LogP contribution >= 0.6 is 11.3 Å². The molecule has 1 N–H and O–H groups in total. The monoisotopic (exact) mass is 381 g/mol. The number of ketones is 1. The van der Waals surface area contributed by atoms with E-state index in [4.69, 9.17) is 4.74 Å². The Labute approximate surface area is 150 Å². The lowest BCUT2D eigenvalue weighted by atomic mass is 10.2. The van der Waals surface area contributed by atoms with Gasteiger partial charge in [-0.25, -0.2) is 17.9 Å². The Hall–Kier alpha value is -2.03. The first-order valence-corrected chi connectivity index (χ1v) is 9.88. The van der Waals surface area contributed by atoms with Gasteiger partial charge in [-0.3, -0.25) is 4.79 Å². The van der Waals surface area contributed by atoms with Crippen LogP contribution in [0, 0.1) is 6.92 Å². The third-order valence-corrected chi connectivity index (χ3v) is 5.82. The lowest BCUT2D eigenvalue weighted by molar-refractivity contribution is 0.0475. The number of carbonyl (C=O) groups excluding carboxylic acids is 2. The fourth-order valence-corrected chi connectivity index (χ4v) is 4.13. The van der Waals surface area contributed by atoms with E-state index in [9.17, 15) is 18.0 Å². The number of Topliss-reactive ketones (excluding diaryl/α,β-unsaturated/α-hetero) is 1. The molecule has 1 heterocycles. The van der Waals surface area contributed by atoms with Gasteiger partial charge in [0.1, 0.15) is 0 Å². The number of carbonyl (C=O) groups is 2. The van der Waals surface area contributed by atoms with Gasteiger partial charge in [0.05, 0.1) is 15.3 Å². The maximum absolute atomic E-state index is 12.2. The first-order valence-electron chi connectivity index (χ1n) is 7.58. The zero-order valence-corrected chi connectivity index (χ0v) is 15.7. The summed E-state index contributed by atoms with van der Waals surface area (Å²) in [6.45, 7) is 4.89. The first kappa shape index (κ1) is 19.3. The quantitative estimate of drug-likeness (QED) is 0.588. The molecule has 1 aromatic carbocycles. The standard InChI is InChI=1S/C17H19NO5S2/c1-11(2)18-25(21,22)14-6-4-5-13(9-14)17(20)23-10-15(19)16-8-7-12(3)24-16/h4-9,11,18H,10H2,1-3H3. The van der Waals surface area contributed by atoms with Crippen LogP contribution in [0.1, 0.15) is 38.8 Å². The second kappa shape index (κ2) is 7.90. The Morgan fingerprint density at radius 1 is 1.20 bits per heavy atom. The average molecular weight is 381 g/mol. The van der Waals surface area contributed by atoms with Crippen LogP contribution in [-0.2, 0) is 14.8 Å². The summed E-state index contributed by atoms with van der Waals surface area (Å²) >= 11 is 1.33. The highest BCUT2D eigenvalue weighted by atomic mass is 32.2. The van der Waals surface area contributed by atoms with Gasteiger partial charge in [-0.2, -0.15) is 0 Å². The number of nitrogens with one attached hydrogen (secondary N) is 1. The Balaban J connectivity index is 2.07. The molecule has 0 aliphatic carbocycles. The van der Waals surface area contributed by atoms with Gasteiger partial charge >= 0.3 is 5.97 Å². The molecule has 8 heteroatoms. The van der Waals surface area contributed by atoms with Gasteiger partial charge in [0.15, 0.2) is 6.61 Å². The van der Waals surface area contributed by atoms with Crippen molar-refractivity contribution in [1.29, 1.82) is 0 Å². The van der Waals surface area contributed by atoms with E-state index in [2.05, 4.69) is 4.72 Å². The summed E-state index contributed by atoms with van der Waals surface area (Å²) in [6, 6.07) is 8.74. The summed E-state index contributed by atoms with van der Waals surface area (Å²) in [5.41, 5.74) is 0.0711. The Morgan fingerprint density at radius 2 is 1.92 bits per heavy atom. The SMILES string of the molecule is Cc1ccc(C(=O)COC(=O)c2cccc(S(=O)(=O)NC(C)C)c2)s1. The zero-order chi connectivity index (χ0) is 18.6. The predicted molar refractivity (Wildman–Crippen MR) is 95.6 cm³/mol. The van der Waals surface area contributed by atoms with Crippen molar-refractivity contribution < 1.29 is 22.7 Å². The molecular formula is C17H19NO5S2. The van der Waals surface area contributed by atoms with E-state index in [1.165, 1.54) is 35.6 Å². The summed E-state index contributed by atoms with van der Waals surface area (Å²) in [5.74, 6) is -1.04. The van der Waals surface area contributed by atoms with E-state index >= 15 is 0 Å². The van der Waals surface area contributed by atoms with Gasteiger partial charge in [-0.05, 0) is 51.1 Å². The van der Waals surface area contributed by atoms with Gasteiger partial charge < -0.3 is 4.74 Å². The predicted octanol–water partition coefficient (Wildman–Crippen LogP) is 2.78. The Kier molecular flexibility index (Phi) is 6.10. The molecule has 0 saturated carbocycles. The number of ether oxygens (including phenoxy) is 1. The second-order valence-electron chi connectivity index (χ2n) is 5.71. The van der Waals surface area contributed by atoms with Crippen molar-refractivity contribution in [3.63, 3.8) is 0 Å². The van der Waals surface area contributed by atoms with Crippen molar-refractivity contribution in [2.75, 3.05) is 6.61 Å². The van der Waals surface area contributed by atoms with Crippen molar-refractivity contribution in [2.24, 2.45) is 0 Å². The van der Waals surface area contributed by atoms with Crippen molar-refractivity contribution in [1.82, 2.24) is 4.72 Å². The number of sulfonamides is 1. The summed E-state index contributed by atoms with van der Waals surface area (Å²) in [7, 11) is -3.71. The molecule has 0 atom stereocenters. The molecule has 2 aromatic rings. The fourth-order valence-electron chi connectivity index (χ4n) is 2.04. The lowest BCUT2D eigenvalue weighted by Gasteiger charge is -2.10. The van der Waals surface area contributed by atoms with E-state index in [0.29, 0.717) is 4.88 Å². The summed E-state index contributed by atoms with van der Waals surface area (Å²) < 4.78 is 31.8. The Bertz CT molecular complexity index is 884. The van der Waals surface area contributed by atoms with Crippen molar-refractivity contribution in [2.45, 2.75) is 31.7 Å². The molecule has 0 radical (unpaired) electrons. The Morgan fingerprint density at radius 3 is 2.52 bits per heavy atom. The normalized spacial score (nSPS) is 11.5. The van der Waals surface area contributed by atoms with Crippen LogP contribution in [0.4, 0.5) is 0 Å². The third kappa shape index (κ3) is 5.22. The number of hydrogen-bond acceptors (Lipinski definition) is 6. The minimum atomic E-state index is -3.71. The van der Waals surface area contributed by atoms with Gasteiger partial charge in [0, 0.05) is 10.9 Å². The third-order valence-electron chi connectivity index (χ3n) is 3.12. The number of esters is 1. The molecule has 1 aromatic heterocycles. The van der Waals surface area contributed by atoms with Crippen LogP contribution in [0.25, 0.3) is 0 Å². The molecule has 25 heavy (non-hydrogen) atoms. The maximum atomic E-state index is 12.2. The van der Waals surface area contributed by atoms with E-state index in [1.807, 2.05) is 13.0 Å². The molecule has 2 rings (SSSR count). The van der Waals surface area contributed by atoms with Gasteiger partial charge in [-0.1, -0.05) is 6.07 Å². The van der Waals surface area contributed by atoms with Crippen LogP contribution < -0.4 is 4.72 Å². The van der Waals surface area contributed by atoms with E-state index in [1.54, 1.807) is 19.9 Å². The highest BCUT2D eigenvalue weighted by Crippen LogP contribution is 2.16. The molecule has 0 unspecified atom stereocenters. The molecule has 0 aliphatic rings. The highest BCUT2D eigenvalue weighted by Gasteiger charge is 2.18. The number of hydrogen-bond donors (Lipinski definition) is 1. The van der Waals surface area contributed by atoms with Crippen molar-refractivity contribution >= 4 is 33.1 Å². The molecule has 0 aliphatic heterocycles. The summed E-state index contributed by atoms with van der Waals surface area (Å²) in [4.78, 5) is 25.5. The van der Waals surface area contributed by atoms with Gasteiger partial charge in [0.25, 0.3) is 0 Å². The fraction of sp³-hybridized carbons (Fsp3) is 0.294. The maximum Gasteiger partial charge on any atom is 0.338 e. The second-order valence-corrected chi connectivity index (χ2v) is 8.72. The first-order chi connectivity index (χ1) is 11.7. The molecular weight excluding hydrogens is 362 g/mol. The van der Waals surface area contributed by atoms with Crippen molar-refractivity contribution in [3.05, 3.63) is 51.7 Å². The summed E-state index contributed by atoms with van der Waals surface area (Å²) in [5, 5.41) is 0. The lowest BCUT2D eigenvalue weighted by Crippen LogP contribution is -2.30. The topological polar surface area (TPSA) is 89.5 Å². The smallest absolute Gasteiger partial charge is 0.338 e. The number of benzene rings is 1. The molecule has 0 fully saturated rings. The van der Waals surface area contributed by atoms with Crippen LogP contribution in [0.15, 0.2) is 41.3 Å². The largest absolute Gasteiger partial charge is 0.454 e. The van der Waals surface area contributed by atoms with Crippen molar-refractivity contribution in [3.8, 4) is 0 Å². The van der Waals surface area contributed by atoms with E-state index in [0.717, 1.165) is 4.88 Å². The van der Waals surface area contributed by atoms with Gasteiger partial charge in [0.2, 0.25) is 15.8 Å². The van der Waals surface area contributed by atoms with Crippen LogP contribution in [0.3, 0.4) is 0 Å². The highest BCUT2D eigenvalue weighted by molar-refractivity contribution is 7.89. The summed E-state index contributed by atoms with van der Waals surface area (Å²) in [6.07, 6.45) is 0. The van der Waals surface area contributed by atoms with Crippen LogP contribution in [0.2, 0.25) is 0 Å². The molecule has 0 spiro atoms. The number of aryl methyl sites for hydroxylation is 1. The molecule has 0 saturated heterocycles. The van der Waals surface area contributed by atoms with Gasteiger partial charge in [-0.15, -0.1) is 11.3 Å². The molecule has 0 amide bonds. The molecule has 0 bridgehead atoms. The molecule has 134 valence electrons. The zero-order valence-electron chi connectivity index (χ0n) is 14.1. The molecule has 6 nitrogen and oxygen atoms in total. The van der Waals surface area contributed by atoms with E-state index in [-0.39, 0.29) is 28.9 Å². The van der Waals surface area contributed by atoms with Crippen LogP contribution in [0.5, 0.6) is 0 Å². The minimum Gasteiger partial charge on any atom is -0.454 e. The average Bonchev–Trinajstić information content (AvgIpc) is 2.98. The van der Waals surface area contributed by atoms with E-state index < -0.39 is 16.0 Å².